The number of aryl methyl sites for hydroxylation is 1. The average Bonchev–Trinajstić information content (AvgIpc) is 4.17. The maximum absolute atomic E-state index is 14.0. The number of nitrogens with zero attached hydrogens (tertiary/aromatic N) is 3. The number of aliphatic hydroxyl groups is 1. The Bertz CT molecular complexity index is 2850. The van der Waals surface area contributed by atoms with Crippen LogP contribution in [0.25, 0.3) is 22.3 Å². The van der Waals surface area contributed by atoms with Crippen molar-refractivity contribution < 1.29 is 76.6 Å². The summed E-state index contributed by atoms with van der Waals surface area (Å²) in [6.45, 7) is 7.49. The number of esters is 1. The number of benzene rings is 1. The normalized spacial score (nSPS) is 16.7. The molecule has 0 aliphatic carbocycles. The van der Waals surface area contributed by atoms with Gasteiger partial charge in [0.2, 0.25) is 24.5 Å². The van der Waals surface area contributed by atoms with Crippen LogP contribution in [0, 0.1) is 11.8 Å². The fraction of sp³-hybridized carbons (Fsp3) is 0.564. The predicted molar refractivity (Wildman–Crippen MR) is 281 cm³/mol. The fourth-order valence-corrected chi connectivity index (χ4v) is 9.76. The smallest absolute Gasteiger partial charge is 0.343 e. The SMILES string of the molecule is CC[C@@]1(O)C(=O)OCc2c1cc1n(c2=O)Cc2c-1nc1cc3c(cc1c2CCC(=O)CNC(=O)[C@H](CCCCN)CC(=O)[C@@H](NC(=O)CCOCCOCCOCCOCCNC(=O)CCN1C(=O)C=CC1=O)C(C)C)OCO3. The summed E-state index contributed by atoms with van der Waals surface area (Å²) in [6, 6.07) is 4.27. The van der Waals surface area contributed by atoms with Crippen molar-refractivity contribution in [1.82, 2.24) is 30.4 Å². The van der Waals surface area contributed by atoms with Gasteiger partial charge in [-0.2, -0.15) is 0 Å². The lowest BCUT2D eigenvalue weighted by Crippen LogP contribution is -2.46. The van der Waals surface area contributed by atoms with Crippen LogP contribution in [0.2, 0.25) is 0 Å². The largest absolute Gasteiger partial charge is 0.458 e. The number of ether oxygens (including phenoxy) is 7. The van der Waals surface area contributed by atoms with Gasteiger partial charge in [-0.1, -0.05) is 27.2 Å². The molecule has 0 saturated heterocycles. The summed E-state index contributed by atoms with van der Waals surface area (Å²) < 4.78 is 40.1. The Hall–Kier alpha value is -6.96. The van der Waals surface area contributed by atoms with Crippen LogP contribution in [0.1, 0.15) is 94.4 Å². The van der Waals surface area contributed by atoms with Crippen LogP contribution in [0.15, 0.2) is 35.1 Å². The van der Waals surface area contributed by atoms with Crippen LogP contribution in [0.3, 0.4) is 0 Å². The predicted octanol–water partition coefficient (Wildman–Crippen LogP) is 1.16. The average molecular weight is 1100 g/mol. The lowest BCUT2D eigenvalue weighted by molar-refractivity contribution is -0.172. The maximum atomic E-state index is 14.0. The summed E-state index contributed by atoms with van der Waals surface area (Å²) in [4.78, 5) is 122. The van der Waals surface area contributed by atoms with Crippen molar-refractivity contribution in [2.75, 3.05) is 85.8 Å². The molecular weight excluding hydrogens is 1030 g/mol. The molecule has 0 saturated carbocycles. The van der Waals surface area contributed by atoms with Gasteiger partial charge in [-0.05, 0) is 55.8 Å². The molecule has 4 aliphatic rings. The Balaban J connectivity index is 0.824. The second kappa shape index (κ2) is 28.3. The molecule has 6 N–H and O–H groups in total. The number of unbranched alkanes of at least 4 members (excludes halogenated alkanes) is 1. The molecule has 7 rings (SSSR count). The van der Waals surface area contributed by atoms with E-state index in [1.165, 1.54) is 16.7 Å². The number of nitrogens with one attached hydrogen (secondary N) is 3. The Labute approximate surface area is 456 Å². The number of ketones is 2. The molecular formula is C55H71N7O17. The summed E-state index contributed by atoms with van der Waals surface area (Å²) in [5, 5.41) is 20.3. The number of carbonyl (C=O) groups is 8. The first-order chi connectivity index (χ1) is 38.0. The topological polar surface area (TPSA) is 322 Å². The van der Waals surface area contributed by atoms with Crippen molar-refractivity contribution in [1.29, 1.82) is 0 Å². The van der Waals surface area contributed by atoms with Gasteiger partial charge in [0.15, 0.2) is 28.7 Å². The van der Waals surface area contributed by atoms with Crippen LogP contribution < -0.4 is 36.7 Å². The maximum Gasteiger partial charge on any atom is 0.343 e. The molecule has 24 heteroatoms. The van der Waals surface area contributed by atoms with Gasteiger partial charge in [0.25, 0.3) is 17.4 Å². The molecule has 24 nitrogen and oxygen atoms in total. The summed E-state index contributed by atoms with van der Waals surface area (Å²) >= 11 is 0. The number of amides is 5. The van der Waals surface area contributed by atoms with Crippen LogP contribution >= 0.6 is 0 Å². The molecule has 5 amide bonds. The first-order valence-electron chi connectivity index (χ1n) is 26.9. The lowest BCUT2D eigenvalue weighted by Gasteiger charge is -2.31. The van der Waals surface area contributed by atoms with Crippen molar-refractivity contribution in [3.8, 4) is 22.9 Å². The van der Waals surface area contributed by atoms with E-state index in [1.807, 2.05) is 0 Å². The molecule has 2 aromatic heterocycles. The van der Waals surface area contributed by atoms with Crippen molar-refractivity contribution in [2.45, 2.75) is 103 Å². The monoisotopic (exact) mass is 1100 g/mol. The number of Topliss-reactive ketones (excluding diaryl/α,β-unsaturated/α-hetero) is 2. The summed E-state index contributed by atoms with van der Waals surface area (Å²) in [5.41, 5.74) is 6.48. The number of nitrogens with two attached hydrogens (primary N) is 1. The zero-order chi connectivity index (χ0) is 56.6. The molecule has 0 spiro atoms. The van der Waals surface area contributed by atoms with Crippen LogP contribution in [-0.4, -0.2) is 158 Å². The van der Waals surface area contributed by atoms with E-state index in [0.717, 1.165) is 10.5 Å². The van der Waals surface area contributed by atoms with E-state index in [0.29, 0.717) is 91.6 Å². The second-order valence-electron chi connectivity index (χ2n) is 19.9. The van der Waals surface area contributed by atoms with Gasteiger partial charge in [0.05, 0.1) is 94.5 Å². The molecule has 428 valence electrons. The number of hydrogen-bond acceptors (Lipinski definition) is 19. The van der Waals surface area contributed by atoms with Gasteiger partial charge in [0, 0.05) is 79.4 Å². The van der Waals surface area contributed by atoms with Crippen molar-refractivity contribution in [3.63, 3.8) is 0 Å². The lowest BCUT2D eigenvalue weighted by atomic mass is 9.86. The van der Waals surface area contributed by atoms with Gasteiger partial charge < -0.3 is 64.5 Å². The van der Waals surface area contributed by atoms with E-state index < -0.39 is 52.7 Å². The third-order valence-corrected chi connectivity index (χ3v) is 14.2. The van der Waals surface area contributed by atoms with Crippen molar-refractivity contribution in [2.24, 2.45) is 17.6 Å². The minimum Gasteiger partial charge on any atom is -0.458 e. The third kappa shape index (κ3) is 15.0. The zero-order valence-corrected chi connectivity index (χ0v) is 45.0. The van der Waals surface area contributed by atoms with Crippen LogP contribution in [0.4, 0.5) is 0 Å². The van der Waals surface area contributed by atoms with Crippen molar-refractivity contribution >= 4 is 58.0 Å². The van der Waals surface area contributed by atoms with E-state index in [2.05, 4.69) is 16.0 Å². The number of hydrogen-bond donors (Lipinski definition) is 5. The van der Waals surface area contributed by atoms with E-state index in [-0.39, 0.29) is 139 Å². The summed E-state index contributed by atoms with van der Waals surface area (Å²) in [7, 11) is 0. The molecule has 3 atom stereocenters. The highest BCUT2D eigenvalue weighted by molar-refractivity contribution is 6.13. The van der Waals surface area contributed by atoms with E-state index in [9.17, 15) is 48.3 Å². The van der Waals surface area contributed by atoms with Gasteiger partial charge >= 0.3 is 5.97 Å². The highest BCUT2D eigenvalue weighted by atomic mass is 16.7. The standard InChI is InChI=1S/C55H71N7O17/c1-4-55(72)40-27-42-51-38(30-62(42)53(70)39(40)31-77-54(55)71)36(37-26-44-45(79-32-78-44)28-41(37)59-51)9-8-35(63)29-58-52(69)34(7-5-6-14-56)25-43(64)50(33(2)3)60-47(66)13-17-73-19-21-75-23-24-76-22-20-74-18-15-57-46(65)12-16-61-48(67)10-11-49(61)68/h10-11,26-28,33-34,50,72H,4-9,12-25,29-32,56H2,1-3H3,(H,57,65)(H,58,69)(H,60,66)/t34-,50+,55+/m1/s1. The Morgan fingerprint density at radius 2 is 1.48 bits per heavy atom. The zero-order valence-electron chi connectivity index (χ0n) is 45.0. The minimum atomic E-state index is -2.01. The first kappa shape index (κ1) is 59.7. The number of carbonyl (C=O) groups excluding carboxylic acids is 8. The summed E-state index contributed by atoms with van der Waals surface area (Å²) in [5.74, 6) is -3.58. The molecule has 0 unspecified atom stereocenters. The van der Waals surface area contributed by atoms with Crippen LogP contribution in [0.5, 0.6) is 11.5 Å². The third-order valence-electron chi connectivity index (χ3n) is 14.2. The quantitative estimate of drug-likeness (QED) is 0.0249. The first-order valence-corrected chi connectivity index (χ1v) is 26.9. The molecule has 0 radical (unpaired) electrons. The number of imide groups is 1. The van der Waals surface area contributed by atoms with Gasteiger partial charge in [-0.15, -0.1) is 0 Å². The molecule has 4 aliphatic heterocycles. The number of fused-ring (bicyclic) bond motifs is 6. The van der Waals surface area contributed by atoms with Crippen molar-refractivity contribution in [3.05, 3.63) is 63.0 Å². The Kier molecular flexibility index (Phi) is 21.4. The van der Waals surface area contributed by atoms with E-state index >= 15 is 0 Å². The Morgan fingerprint density at radius 1 is 0.810 bits per heavy atom. The molecule has 79 heavy (non-hydrogen) atoms. The molecule has 1 aromatic carbocycles. The number of cyclic esters (lactones) is 1. The molecule has 0 bridgehead atoms. The van der Waals surface area contributed by atoms with E-state index in [1.54, 1.807) is 39.0 Å². The molecule has 6 heterocycles. The Morgan fingerprint density at radius 3 is 2.15 bits per heavy atom. The minimum absolute atomic E-state index is 0.00273. The van der Waals surface area contributed by atoms with Gasteiger partial charge in [-0.25, -0.2) is 9.78 Å². The second-order valence-corrected chi connectivity index (χ2v) is 19.9. The van der Waals surface area contributed by atoms with E-state index in [4.69, 9.17) is 43.9 Å². The summed E-state index contributed by atoms with van der Waals surface area (Å²) in [6.07, 6.45) is 3.85. The highest BCUT2D eigenvalue weighted by Gasteiger charge is 2.46. The van der Waals surface area contributed by atoms with Crippen LogP contribution in [-0.2, 0) is 87.2 Å². The molecule has 0 fully saturated rings. The van der Waals surface area contributed by atoms with Gasteiger partial charge in [0.1, 0.15) is 6.61 Å². The number of aromatic nitrogens is 2. The number of pyridine rings is 2. The van der Waals surface area contributed by atoms with Gasteiger partial charge in [-0.3, -0.25) is 43.3 Å². The molecule has 3 aromatic rings. The number of rotatable bonds is 34. The fourth-order valence-electron chi connectivity index (χ4n) is 9.76. The highest BCUT2D eigenvalue weighted by Crippen LogP contribution is 2.43.